The van der Waals surface area contributed by atoms with Gasteiger partial charge in [0.15, 0.2) is 11.5 Å². The number of thioether (sulfide) groups is 1. The predicted octanol–water partition coefficient (Wildman–Crippen LogP) is 8.53. The van der Waals surface area contributed by atoms with E-state index in [1.165, 1.54) is 11.8 Å². The lowest BCUT2D eigenvalue weighted by molar-refractivity contribution is -0.113. The number of hydrogen-bond acceptors (Lipinski definition) is 8. The number of aromatic nitrogens is 3. The second-order valence-electron chi connectivity index (χ2n) is 10.9. The quantitative estimate of drug-likeness (QED) is 0.119. The van der Waals surface area contributed by atoms with Gasteiger partial charge in [-0.3, -0.25) is 4.79 Å². The van der Waals surface area contributed by atoms with Gasteiger partial charge in [0.25, 0.3) is 5.91 Å². The first-order chi connectivity index (χ1) is 23.4. The maximum Gasteiger partial charge on any atom is 0.255 e. The standard InChI is InChI=1S/C37H36ClN5O4S/c1-4-45-30-18-12-11-17-29(30)40-35(44)33-24(3)39-36-41-37(48-23-27-15-9-10-16-28(27)38)42-43(36)34(33)26-19-20-31(32(21-26)46-5-2)47-22-25-13-7-6-8-14-25/h6-21,34H,4-5,22-23H2,1-3H3,(H,40,44)(H,39,41,42). The lowest BCUT2D eigenvalue weighted by Gasteiger charge is -2.29. The Hall–Kier alpha value is -4.93. The van der Waals surface area contributed by atoms with Crippen molar-refractivity contribution in [3.05, 3.63) is 130 Å². The first-order valence-electron chi connectivity index (χ1n) is 15.7. The van der Waals surface area contributed by atoms with Gasteiger partial charge in [-0.25, -0.2) is 4.68 Å². The number of carbonyl (C=O) groups is 1. The van der Waals surface area contributed by atoms with Crippen molar-refractivity contribution in [2.75, 3.05) is 23.8 Å². The zero-order chi connectivity index (χ0) is 33.5. The molecule has 0 fully saturated rings. The Morgan fingerprint density at radius 1 is 0.896 bits per heavy atom. The van der Waals surface area contributed by atoms with E-state index < -0.39 is 6.04 Å². The van der Waals surface area contributed by atoms with Crippen molar-refractivity contribution in [2.24, 2.45) is 0 Å². The number of nitrogens with zero attached hydrogens (tertiary/aromatic N) is 3. The number of nitrogens with one attached hydrogen (secondary N) is 2. The molecule has 0 aliphatic carbocycles. The van der Waals surface area contributed by atoms with Crippen LogP contribution in [0.1, 0.15) is 43.5 Å². The van der Waals surface area contributed by atoms with Crippen LogP contribution < -0.4 is 24.8 Å². The van der Waals surface area contributed by atoms with E-state index in [0.29, 0.717) is 75.9 Å². The van der Waals surface area contributed by atoms with Gasteiger partial charge < -0.3 is 24.8 Å². The monoisotopic (exact) mass is 681 g/mol. The summed E-state index contributed by atoms with van der Waals surface area (Å²) in [7, 11) is 0. The minimum atomic E-state index is -0.634. The van der Waals surface area contributed by atoms with Crippen LogP contribution in [0.4, 0.5) is 11.6 Å². The van der Waals surface area contributed by atoms with Gasteiger partial charge in [-0.05, 0) is 67.8 Å². The Bertz CT molecular complexity index is 1930. The fourth-order valence-corrected chi connectivity index (χ4v) is 6.53. The van der Waals surface area contributed by atoms with E-state index in [4.69, 9.17) is 35.9 Å². The summed E-state index contributed by atoms with van der Waals surface area (Å²) in [6.45, 7) is 6.99. The minimum Gasteiger partial charge on any atom is -0.492 e. The van der Waals surface area contributed by atoms with Crippen molar-refractivity contribution in [1.29, 1.82) is 0 Å². The summed E-state index contributed by atoms with van der Waals surface area (Å²) in [5.74, 6) is 2.57. The number of para-hydroxylation sites is 2. The molecular formula is C37H36ClN5O4S. The molecule has 0 saturated carbocycles. The van der Waals surface area contributed by atoms with Crippen molar-refractivity contribution in [2.45, 2.75) is 44.3 Å². The number of halogens is 1. The van der Waals surface area contributed by atoms with Crippen LogP contribution in [0.2, 0.25) is 5.02 Å². The minimum absolute atomic E-state index is 0.300. The highest BCUT2D eigenvalue weighted by molar-refractivity contribution is 7.98. The van der Waals surface area contributed by atoms with E-state index in [9.17, 15) is 4.79 Å². The van der Waals surface area contributed by atoms with E-state index in [1.807, 2.05) is 118 Å². The molecule has 1 amide bonds. The number of allylic oxidation sites excluding steroid dienone is 1. The summed E-state index contributed by atoms with van der Waals surface area (Å²) in [5, 5.41) is 12.5. The number of benzene rings is 4. The van der Waals surface area contributed by atoms with Crippen LogP contribution in [0.15, 0.2) is 113 Å². The van der Waals surface area contributed by atoms with Crippen molar-refractivity contribution >= 4 is 40.9 Å². The second kappa shape index (κ2) is 15.3. The highest BCUT2D eigenvalue weighted by Crippen LogP contribution is 2.41. The highest BCUT2D eigenvalue weighted by atomic mass is 35.5. The third-order valence-corrected chi connectivity index (χ3v) is 8.90. The molecule has 6 rings (SSSR count). The largest absolute Gasteiger partial charge is 0.492 e. The van der Waals surface area contributed by atoms with E-state index in [1.54, 1.807) is 4.68 Å². The molecule has 0 bridgehead atoms. The van der Waals surface area contributed by atoms with Gasteiger partial charge in [0, 0.05) is 16.5 Å². The lowest BCUT2D eigenvalue weighted by atomic mass is 9.94. The topological polar surface area (TPSA) is 99.5 Å². The van der Waals surface area contributed by atoms with Crippen molar-refractivity contribution in [3.8, 4) is 17.2 Å². The Labute approximate surface area is 289 Å². The van der Waals surface area contributed by atoms with Gasteiger partial charge in [0.1, 0.15) is 18.4 Å². The molecule has 48 heavy (non-hydrogen) atoms. The third-order valence-electron chi connectivity index (χ3n) is 7.65. The van der Waals surface area contributed by atoms with E-state index in [0.717, 1.165) is 16.7 Å². The number of fused-ring (bicyclic) bond motifs is 1. The average Bonchev–Trinajstić information content (AvgIpc) is 3.50. The summed E-state index contributed by atoms with van der Waals surface area (Å²) in [6, 6.07) is 30.1. The van der Waals surface area contributed by atoms with Gasteiger partial charge in [0.05, 0.1) is 24.5 Å². The van der Waals surface area contributed by atoms with E-state index >= 15 is 0 Å². The van der Waals surface area contributed by atoms with Crippen LogP contribution in [-0.2, 0) is 17.2 Å². The van der Waals surface area contributed by atoms with Crippen molar-refractivity contribution < 1.29 is 19.0 Å². The van der Waals surface area contributed by atoms with Crippen LogP contribution in [0.3, 0.4) is 0 Å². The first-order valence-corrected chi connectivity index (χ1v) is 17.1. The van der Waals surface area contributed by atoms with Crippen LogP contribution >= 0.6 is 23.4 Å². The van der Waals surface area contributed by atoms with E-state index in [2.05, 4.69) is 10.6 Å². The molecule has 246 valence electrons. The number of hydrogen-bond donors (Lipinski definition) is 2. The number of anilines is 2. The van der Waals surface area contributed by atoms with Gasteiger partial charge in [0.2, 0.25) is 11.1 Å². The Kier molecular flexibility index (Phi) is 10.5. The van der Waals surface area contributed by atoms with Crippen molar-refractivity contribution in [1.82, 2.24) is 14.8 Å². The molecule has 0 saturated heterocycles. The Morgan fingerprint density at radius 3 is 2.42 bits per heavy atom. The summed E-state index contributed by atoms with van der Waals surface area (Å²) in [4.78, 5) is 19.0. The highest BCUT2D eigenvalue weighted by Gasteiger charge is 2.35. The molecule has 9 nitrogen and oxygen atoms in total. The molecule has 0 spiro atoms. The Balaban J connectivity index is 1.37. The van der Waals surface area contributed by atoms with Crippen LogP contribution in [-0.4, -0.2) is 33.9 Å². The molecule has 4 aromatic carbocycles. The Morgan fingerprint density at radius 2 is 1.62 bits per heavy atom. The summed E-state index contributed by atoms with van der Waals surface area (Å²) in [6.07, 6.45) is 0. The second-order valence-corrected chi connectivity index (χ2v) is 12.3. The molecule has 0 radical (unpaired) electrons. The van der Waals surface area contributed by atoms with Crippen molar-refractivity contribution in [3.63, 3.8) is 0 Å². The molecule has 1 unspecified atom stereocenters. The smallest absolute Gasteiger partial charge is 0.255 e. The maximum absolute atomic E-state index is 14.2. The molecule has 1 aromatic heterocycles. The van der Waals surface area contributed by atoms with Crippen LogP contribution in [0.5, 0.6) is 17.2 Å². The average molecular weight is 682 g/mol. The number of ether oxygens (including phenoxy) is 3. The normalized spacial score (nSPS) is 13.8. The molecule has 1 atom stereocenters. The molecule has 2 heterocycles. The fraction of sp³-hybridized carbons (Fsp3) is 0.216. The van der Waals surface area contributed by atoms with Gasteiger partial charge in [-0.2, -0.15) is 4.98 Å². The fourth-order valence-electron chi connectivity index (χ4n) is 5.41. The molecule has 11 heteroatoms. The summed E-state index contributed by atoms with van der Waals surface area (Å²) in [5.41, 5.74) is 4.50. The molecule has 5 aromatic rings. The SMILES string of the molecule is CCOc1ccccc1NC(=O)C1=C(C)Nc2nc(SCc3ccccc3Cl)nn2C1c1ccc(OCc2ccccc2)c(OCC)c1. The van der Waals surface area contributed by atoms with Gasteiger partial charge in [-0.1, -0.05) is 90.1 Å². The van der Waals surface area contributed by atoms with Crippen LogP contribution in [0.25, 0.3) is 0 Å². The van der Waals surface area contributed by atoms with Gasteiger partial charge in [-0.15, -0.1) is 5.10 Å². The maximum atomic E-state index is 14.2. The number of carbonyl (C=O) groups excluding carboxylic acids is 1. The van der Waals surface area contributed by atoms with E-state index in [-0.39, 0.29) is 5.91 Å². The first kappa shape index (κ1) is 33.0. The molecular weight excluding hydrogens is 646 g/mol. The summed E-state index contributed by atoms with van der Waals surface area (Å²) >= 11 is 7.89. The number of rotatable bonds is 13. The van der Waals surface area contributed by atoms with Crippen LogP contribution in [0, 0.1) is 0 Å². The number of amides is 1. The summed E-state index contributed by atoms with van der Waals surface area (Å²) < 4.78 is 19.8. The zero-order valence-electron chi connectivity index (χ0n) is 26.9. The predicted molar refractivity (Wildman–Crippen MR) is 190 cm³/mol. The zero-order valence-corrected chi connectivity index (χ0v) is 28.5. The molecule has 1 aliphatic rings. The molecule has 2 N–H and O–H groups in total. The third kappa shape index (κ3) is 7.45. The lowest BCUT2D eigenvalue weighted by Crippen LogP contribution is -2.31. The molecule has 1 aliphatic heterocycles. The van der Waals surface area contributed by atoms with Gasteiger partial charge >= 0.3 is 0 Å².